The van der Waals surface area contributed by atoms with Crippen LogP contribution >= 0.6 is 15.9 Å². The van der Waals surface area contributed by atoms with Gasteiger partial charge in [0.15, 0.2) is 0 Å². The van der Waals surface area contributed by atoms with Gasteiger partial charge in [-0.15, -0.1) is 0 Å². The highest BCUT2D eigenvalue weighted by Gasteiger charge is 2.12. The maximum absolute atomic E-state index is 13.3. The number of para-hydroxylation sites is 1. The number of nitro benzene ring substituents is 1. The summed E-state index contributed by atoms with van der Waals surface area (Å²) in [5.74, 6) is 0.471. The van der Waals surface area contributed by atoms with Gasteiger partial charge in [-0.25, -0.2) is 4.98 Å². The van der Waals surface area contributed by atoms with Gasteiger partial charge in [0.1, 0.15) is 5.82 Å². The largest absolute Gasteiger partial charge is 0.269 e. The Hall–Kier alpha value is -3.58. The molecule has 1 heterocycles. The van der Waals surface area contributed by atoms with Crippen LogP contribution in [0.4, 0.5) is 5.69 Å². The zero-order chi connectivity index (χ0) is 21.3. The van der Waals surface area contributed by atoms with Crippen molar-refractivity contribution < 1.29 is 4.92 Å². The summed E-state index contributed by atoms with van der Waals surface area (Å²) in [5.41, 5.74) is 2.95. The Morgan fingerprint density at radius 2 is 1.77 bits per heavy atom. The summed E-state index contributed by atoms with van der Waals surface area (Å²) in [6.45, 7) is 1.96. The second-order valence-corrected chi connectivity index (χ2v) is 7.60. The molecule has 3 aromatic carbocycles. The third-order valence-electron chi connectivity index (χ3n) is 4.73. The number of fused-ring (bicyclic) bond motifs is 1. The van der Waals surface area contributed by atoms with Crippen molar-refractivity contribution in [3.8, 4) is 5.69 Å². The van der Waals surface area contributed by atoms with E-state index < -0.39 is 4.92 Å². The fourth-order valence-electron chi connectivity index (χ4n) is 3.16. The van der Waals surface area contributed by atoms with Crippen LogP contribution in [0.25, 0.3) is 28.7 Å². The molecule has 0 bridgehead atoms. The van der Waals surface area contributed by atoms with Crippen molar-refractivity contribution in [3.05, 3.63) is 109 Å². The molecule has 0 radical (unpaired) electrons. The Kier molecular flexibility index (Phi) is 5.29. The summed E-state index contributed by atoms with van der Waals surface area (Å²) in [5, 5.41) is 11.4. The highest BCUT2D eigenvalue weighted by Crippen LogP contribution is 2.21. The lowest BCUT2D eigenvalue weighted by Gasteiger charge is -2.12. The molecule has 0 saturated carbocycles. The minimum atomic E-state index is -0.439. The van der Waals surface area contributed by atoms with Crippen LogP contribution in [-0.4, -0.2) is 14.5 Å². The van der Waals surface area contributed by atoms with E-state index in [1.165, 1.54) is 12.1 Å². The van der Waals surface area contributed by atoms with Crippen molar-refractivity contribution in [1.82, 2.24) is 9.55 Å². The van der Waals surface area contributed by atoms with Crippen LogP contribution in [0.3, 0.4) is 0 Å². The first-order valence-corrected chi connectivity index (χ1v) is 9.94. The number of halogens is 1. The van der Waals surface area contributed by atoms with Crippen molar-refractivity contribution >= 4 is 44.7 Å². The minimum absolute atomic E-state index is 0.0261. The van der Waals surface area contributed by atoms with E-state index in [1.54, 1.807) is 41.0 Å². The van der Waals surface area contributed by atoms with Gasteiger partial charge < -0.3 is 0 Å². The van der Waals surface area contributed by atoms with Crippen LogP contribution in [-0.2, 0) is 0 Å². The minimum Gasteiger partial charge on any atom is -0.268 e. The van der Waals surface area contributed by atoms with Crippen molar-refractivity contribution in [3.63, 3.8) is 0 Å². The summed E-state index contributed by atoms with van der Waals surface area (Å²) in [6, 6.07) is 19.1. The number of nitro groups is 1. The molecular weight excluding hydrogens is 446 g/mol. The van der Waals surface area contributed by atoms with E-state index in [0.717, 1.165) is 15.6 Å². The predicted molar refractivity (Wildman–Crippen MR) is 122 cm³/mol. The van der Waals surface area contributed by atoms with Gasteiger partial charge in [-0.1, -0.05) is 34.1 Å². The van der Waals surface area contributed by atoms with Gasteiger partial charge in [0.2, 0.25) is 0 Å². The first-order chi connectivity index (χ1) is 14.4. The fraction of sp³-hybridized carbons (Fsp3) is 0.0435. The standard InChI is InChI=1S/C23H16BrN3O3/c1-15-14-18(11-12-20(15)24)26-22(25-21-5-3-2-4-19(21)23(26)28)13-8-16-6-9-17(10-7-16)27(29)30/h2-14H,1H3/b13-8+. The van der Waals surface area contributed by atoms with Crippen molar-refractivity contribution in [1.29, 1.82) is 0 Å². The number of benzene rings is 3. The van der Waals surface area contributed by atoms with Crippen LogP contribution in [0.15, 0.2) is 76.0 Å². The molecule has 7 heteroatoms. The lowest BCUT2D eigenvalue weighted by molar-refractivity contribution is -0.384. The number of rotatable bonds is 4. The fourth-order valence-corrected chi connectivity index (χ4v) is 3.40. The third-order valence-corrected chi connectivity index (χ3v) is 5.62. The zero-order valence-corrected chi connectivity index (χ0v) is 17.5. The van der Waals surface area contributed by atoms with E-state index in [2.05, 4.69) is 20.9 Å². The van der Waals surface area contributed by atoms with Gasteiger partial charge in [-0.3, -0.25) is 19.5 Å². The highest BCUT2D eigenvalue weighted by atomic mass is 79.9. The molecule has 0 aliphatic carbocycles. The normalized spacial score (nSPS) is 11.3. The molecule has 30 heavy (non-hydrogen) atoms. The second kappa shape index (κ2) is 8.04. The number of non-ortho nitro benzene ring substituents is 1. The number of hydrogen-bond donors (Lipinski definition) is 0. The third kappa shape index (κ3) is 3.79. The summed E-state index contributed by atoms with van der Waals surface area (Å²) in [4.78, 5) is 28.4. The molecule has 0 aliphatic rings. The van der Waals surface area contributed by atoms with E-state index >= 15 is 0 Å². The molecule has 6 nitrogen and oxygen atoms in total. The topological polar surface area (TPSA) is 78.0 Å². The van der Waals surface area contributed by atoms with E-state index in [0.29, 0.717) is 22.4 Å². The Morgan fingerprint density at radius 3 is 2.47 bits per heavy atom. The smallest absolute Gasteiger partial charge is 0.268 e. The molecular formula is C23H16BrN3O3. The molecule has 148 valence electrons. The van der Waals surface area contributed by atoms with Gasteiger partial charge in [0.05, 0.1) is 21.5 Å². The first kappa shape index (κ1) is 19.7. The number of nitrogens with zero attached hydrogens (tertiary/aromatic N) is 3. The van der Waals surface area contributed by atoms with E-state index in [4.69, 9.17) is 0 Å². The molecule has 0 amide bonds. The van der Waals surface area contributed by atoms with E-state index in [-0.39, 0.29) is 11.2 Å². The monoisotopic (exact) mass is 461 g/mol. The summed E-state index contributed by atoms with van der Waals surface area (Å²) in [6.07, 6.45) is 3.52. The quantitative estimate of drug-likeness (QED) is 0.295. The maximum Gasteiger partial charge on any atom is 0.269 e. The summed E-state index contributed by atoms with van der Waals surface area (Å²) < 4.78 is 2.53. The zero-order valence-electron chi connectivity index (χ0n) is 15.9. The summed E-state index contributed by atoms with van der Waals surface area (Å²) >= 11 is 3.49. The van der Waals surface area contributed by atoms with Crippen molar-refractivity contribution in [2.24, 2.45) is 0 Å². The highest BCUT2D eigenvalue weighted by molar-refractivity contribution is 9.10. The van der Waals surface area contributed by atoms with Crippen molar-refractivity contribution in [2.45, 2.75) is 6.92 Å². The molecule has 4 aromatic rings. The van der Waals surface area contributed by atoms with Crippen LogP contribution < -0.4 is 5.56 Å². The molecule has 1 aromatic heterocycles. The van der Waals surface area contributed by atoms with Crippen LogP contribution in [0, 0.1) is 17.0 Å². The molecule has 0 atom stereocenters. The Balaban J connectivity index is 1.88. The van der Waals surface area contributed by atoms with Crippen LogP contribution in [0.2, 0.25) is 0 Å². The number of aromatic nitrogens is 2. The van der Waals surface area contributed by atoms with Gasteiger partial charge >= 0.3 is 0 Å². The molecule has 0 N–H and O–H groups in total. The average molecular weight is 462 g/mol. The Morgan fingerprint density at radius 1 is 1.03 bits per heavy atom. The number of hydrogen-bond acceptors (Lipinski definition) is 4. The molecule has 0 aliphatic heterocycles. The van der Waals surface area contributed by atoms with Crippen LogP contribution in [0.1, 0.15) is 17.0 Å². The van der Waals surface area contributed by atoms with Crippen molar-refractivity contribution in [2.75, 3.05) is 0 Å². The van der Waals surface area contributed by atoms with Gasteiger partial charge in [0.25, 0.3) is 11.2 Å². The van der Waals surface area contributed by atoms with Gasteiger partial charge in [0, 0.05) is 16.6 Å². The second-order valence-electron chi connectivity index (χ2n) is 6.74. The predicted octanol–water partition coefficient (Wildman–Crippen LogP) is 5.54. The molecule has 0 fully saturated rings. The Bertz CT molecular complexity index is 1360. The maximum atomic E-state index is 13.3. The van der Waals surface area contributed by atoms with Gasteiger partial charge in [-0.05, 0) is 66.6 Å². The average Bonchev–Trinajstić information content (AvgIpc) is 2.75. The lowest BCUT2D eigenvalue weighted by Crippen LogP contribution is -2.22. The van der Waals surface area contributed by atoms with Gasteiger partial charge in [-0.2, -0.15) is 0 Å². The summed E-state index contributed by atoms with van der Waals surface area (Å²) in [7, 11) is 0. The van der Waals surface area contributed by atoms with Crippen LogP contribution in [0.5, 0.6) is 0 Å². The number of aryl methyl sites for hydroxylation is 1. The molecule has 0 saturated heterocycles. The van der Waals surface area contributed by atoms with E-state index in [1.807, 2.05) is 37.3 Å². The SMILES string of the molecule is Cc1cc(-n2c(/C=C/c3ccc([N+](=O)[O-])cc3)nc3ccccc3c2=O)ccc1Br. The molecule has 4 rings (SSSR count). The van der Waals surface area contributed by atoms with E-state index in [9.17, 15) is 14.9 Å². The lowest BCUT2D eigenvalue weighted by atomic mass is 10.1. The Labute approximate surface area is 180 Å². The first-order valence-electron chi connectivity index (χ1n) is 9.15. The molecule has 0 unspecified atom stereocenters. The molecule has 0 spiro atoms.